The van der Waals surface area contributed by atoms with E-state index in [1.165, 1.54) is 0 Å². The van der Waals surface area contributed by atoms with Crippen molar-refractivity contribution in [3.05, 3.63) is 65.0 Å². The first-order valence-corrected chi connectivity index (χ1v) is 9.49. The molecule has 1 aromatic heterocycles. The number of ether oxygens (including phenoxy) is 1. The highest BCUT2D eigenvalue weighted by molar-refractivity contribution is 6.30. The van der Waals surface area contributed by atoms with Crippen molar-refractivity contribution in [2.45, 2.75) is 20.0 Å². The summed E-state index contributed by atoms with van der Waals surface area (Å²) in [6, 6.07) is 14.6. The fourth-order valence-corrected chi connectivity index (χ4v) is 3.25. The zero-order valence-corrected chi connectivity index (χ0v) is 16.4. The third-order valence-electron chi connectivity index (χ3n) is 4.71. The predicted molar refractivity (Wildman–Crippen MR) is 106 cm³/mol. The van der Waals surface area contributed by atoms with Crippen LogP contribution in [0.15, 0.2) is 53.1 Å². The Morgan fingerprint density at radius 2 is 1.93 bits per heavy atom. The molecule has 1 atom stereocenters. The van der Waals surface area contributed by atoms with Gasteiger partial charge >= 0.3 is 5.97 Å². The summed E-state index contributed by atoms with van der Waals surface area (Å²) in [7, 11) is 0. The molecule has 3 aromatic rings. The highest BCUT2D eigenvalue weighted by Crippen LogP contribution is 2.26. The molecule has 0 saturated carbocycles. The van der Waals surface area contributed by atoms with E-state index in [1.54, 1.807) is 29.2 Å². The van der Waals surface area contributed by atoms with Crippen LogP contribution in [-0.4, -0.2) is 28.6 Å². The van der Waals surface area contributed by atoms with Crippen LogP contribution < -0.4 is 4.90 Å². The minimum absolute atomic E-state index is 0.0985. The van der Waals surface area contributed by atoms with Gasteiger partial charge in [0.25, 0.3) is 5.89 Å². The number of rotatable bonds is 5. The molecule has 7 nitrogen and oxygen atoms in total. The average Bonchev–Trinajstić information content (AvgIpc) is 3.34. The number of anilines is 1. The van der Waals surface area contributed by atoms with Crippen LogP contribution >= 0.6 is 11.6 Å². The highest BCUT2D eigenvalue weighted by Gasteiger charge is 2.36. The lowest BCUT2D eigenvalue weighted by Gasteiger charge is -2.16. The Bertz CT molecular complexity index is 1030. The molecule has 0 bridgehead atoms. The van der Waals surface area contributed by atoms with Gasteiger partial charge in [-0.3, -0.25) is 9.59 Å². The van der Waals surface area contributed by atoms with Gasteiger partial charge < -0.3 is 14.2 Å². The van der Waals surface area contributed by atoms with Crippen LogP contribution in [0.1, 0.15) is 17.9 Å². The summed E-state index contributed by atoms with van der Waals surface area (Å²) in [4.78, 5) is 30.5. The Morgan fingerprint density at radius 3 is 2.66 bits per heavy atom. The maximum absolute atomic E-state index is 12.4. The van der Waals surface area contributed by atoms with Gasteiger partial charge in [-0.1, -0.05) is 34.5 Å². The van der Waals surface area contributed by atoms with E-state index in [0.29, 0.717) is 17.4 Å². The lowest BCUT2D eigenvalue weighted by atomic mass is 10.1. The fourth-order valence-electron chi connectivity index (χ4n) is 3.12. The zero-order chi connectivity index (χ0) is 20.4. The summed E-state index contributed by atoms with van der Waals surface area (Å²) >= 11 is 5.87. The average molecular weight is 412 g/mol. The summed E-state index contributed by atoms with van der Waals surface area (Å²) in [6.45, 7) is 2.13. The van der Waals surface area contributed by atoms with Crippen LogP contribution in [0, 0.1) is 12.8 Å². The molecule has 148 valence electrons. The van der Waals surface area contributed by atoms with E-state index in [-0.39, 0.29) is 24.8 Å². The largest absolute Gasteiger partial charge is 0.455 e. The van der Waals surface area contributed by atoms with Gasteiger partial charge in [-0.2, -0.15) is 4.98 Å². The minimum Gasteiger partial charge on any atom is -0.455 e. The first kappa shape index (κ1) is 19.1. The maximum atomic E-state index is 12.4. The second-order valence-corrected chi connectivity index (χ2v) is 7.30. The molecule has 0 radical (unpaired) electrons. The highest BCUT2D eigenvalue weighted by atomic mass is 35.5. The van der Waals surface area contributed by atoms with Crippen molar-refractivity contribution in [1.82, 2.24) is 10.1 Å². The molecule has 8 heteroatoms. The summed E-state index contributed by atoms with van der Waals surface area (Å²) in [5, 5.41) is 4.49. The number of halogens is 1. The Balaban J connectivity index is 1.35. The third-order valence-corrected chi connectivity index (χ3v) is 4.96. The van der Waals surface area contributed by atoms with E-state index in [0.717, 1.165) is 16.8 Å². The number of carbonyl (C=O) groups excluding carboxylic acids is 2. The molecule has 1 saturated heterocycles. The zero-order valence-electron chi connectivity index (χ0n) is 15.7. The molecular weight excluding hydrogens is 394 g/mol. The third kappa shape index (κ3) is 4.30. The molecule has 0 unspecified atom stereocenters. The van der Waals surface area contributed by atoms with E-state index < -0.39 is 11.9 Å². The summed E-state index contributed by atoms with van der Waals surface area (Å²) < 4.78 is 10.4. The Hall–Kier alpha value is -3.19. The summed E-state index contributed by atoms with van der Waals surface area (Å²) in [5.74, 6) is -0.516. The van der Waals surface area contributed by atoms with Crippen molar-refractivity contribution in [2.75, 3.05) is 11.4 Å². The number of carbonyl (C=O) groups is 2. The number of hydrogen-bond acceptors (Lipinski definition) is 6. The van der Waals surface area contributed by atoms with Crippen LogP contribution in [0.4, 0.5) is 5.69 Å². The Labute approximate surface area is 172 Å². The van der Waals surface area contributed by atoms with Gasteiger partial charge in [-0.15, -0.1) is 0 Å². The molecule has 0 N–H and O–H groups in total. The van der Waals surface area contributed by atoms with Gasteiger partial charge in [0, 0.05) is 29.2 Å². The normalized spacial score (nSPS) is 16.3. The second-order valence-electron chi connectivity index (χ2n) is 6.87. The molecule has 1 aliphatic rings. The van der Waals surface area contributed by atoms with Crippen molar-refractivity contribution in [1.29, 1.82) is 0 Å². The number of aryl methyl sites for hydroxylation is 1. The standard InChI is InChI=1S/C21H18ClN3O4/c1-13-2-8-17(9-3-13)25-11-15(10-19(25)26)21(27)28-12-18-23-20(24-29-18)14-4-6-16(22)7-5-14/h2-9,15H,10-12H2,1H3/t15-/m0/s1. The minimum atomic E-state index is -0.525. The van der Waals surface area contributed by atoms with Crippen molar-refractivity contribution in [2.24, 2.45) is 5.92 Å². The van der Waals surface area contributed by atoms with Gasteiger partial charge in [-0.05, 0) is 43.3 Å². The van der Waals surface area contributed by atoms with Gasteiger partial charge in [0.05, 0.1) is 5.92 Å². The van der Waals surface area contributed by atoms with Crippen LogP contribution in [-0.2, 0) is 20.9 Å². The molecule has 1 amide bonds. The molecule has 2 heterocycles. The topological polar surface area (TPSA) is 85.5 Å². The maximum Gasteiger partial charge on any atom is 0.311 e. The van der Waals surface area contributed by atoms with Crippen molar-refractivity contribution in [3.8, 4) is 11.4 Å². The monoisotopic (exact) mass is 411 g/mol. The van der Waals surface area contributed by atoms with Gasteiger partial charge in [0.2, 0.25) is 11.7 Å². The lowest BCUT2D eigenvalue weighted by molar-refractivity contribution is -0.150. The number of amides is 1. The van der Waals surface area contributed by atoms with Crippen molar-refractivity contribution >= 4 is 29.2 Å². The molecule has 29 heavy (non-hydrogen) atoms. The first-order valence-electron chi connectivity index (χ1n) is 9.12. The molecular formula is C21H18ClN3O4. The van der Waals surface area contributed by atoms with E-state index >= 15 is 0 Å². The SMILES string of the molecule is Cc1ccc(N2C[C@@H](C(=O)OCc3nc(-c4ccc(Cl)cc4)no3)CC2=O)cc1. The molecule has 1 aliphatic heterocycles. The van der Waals surface area contributed by atoms with E-state index in [9.17, 15) is 9.59 Å². The van der Waals surface area contributed by atoms with Gasteiger partial charge in [0.15, 0.2) is 6.61 Å². The molecule has 0 spiro atoms. The molecule has 0 aliphatic carbocycles. The molecule has 1 fully saturated rings. The number of esters is 1. The predicted octanol–water partition coefficient (Wildman–Crippen LogP) is 3.79. The first-order chi connectivity index (χ1) is 14.0. The smallest absolute Gasteiger partial charge is 0.311 e. The lowest BCUT2D eigenvalue weighted by Crippen LogP contribution is -2.26. The number of benzene rings is 2. The second kappa shape index (κ2) is 8.05. The summed E-state index contributed by atoms with van der Waals surface area (Å²) in [5.41, 5.74) is 2.63. The Kier molecular flexibility index (Phi) is 5.31. The number of aromatic nitrogens is 2. The van der Waals surface area contributed by atoms with Crippen LogP contribution in [0.5, 0.6) is 0 Å². The van der Waals surface area contributed by atoms with Crippen LogP contribution in [0.3, 0.4) is 0 Å². The Morgan fingerprint density at radius 1 is 1.21 bits per heavy atom. The quantitative estimate of drug-likeness (QED) is 0.594. The fraction of sp³-hybridized carbons (Fsp3) is 0.238. The number of hydrogen-bond donors (Lipinski definition) is 0. The van der Waals surface area contributed by atoms with E-state index in [2.05, 4.69) is 10.1 Å². The summed E-state index contributed by atoms with van der Waals surface area (Å²) in [6.07, 6.45) is 0.118. The van der Waals surface area contributed by atoms with Gasteiger partial charge in [-0.25, -0.2) is 0 Å². The van der Waals surface area contributed by atoms with Crippen LogP contribution in [0.25, 0.3) is 11.4 Å². The van der Waals surface area contributed by atoms with E-state index in [4.69, 9.17) is 20.9 Å². The van der Waals surface area contributed by atoms with Crippen molar-refractivity contribution < 1.29 is 18.8 Å². The number of nitrogens with zero attached hydrogens (tertiary/aromatic N) is 3. The van der Waals surface area contributed by atoms with Gasteiger partial charge in [0.1, 0.15) is 0 Å². The van der Waals surface area contributed by atoms with Crippen LogP contribution in [0.2, 0.25) is 5.02 Å². The molecule has 4 rings (SSSR count). The van der Waals surface area contributed by atoms with Crippen molar-refractivity contribution in [3.63, 3.8) is 0 Å². The molecule has 2 aromatic carbocycles. The van der Waals surface area contributed by atoms with E-state index in [1.807, 2.05) is 31.2 Å².